The predicted octanol–water partition coefficient (Wildman–Crippen LogP) is 1.72. The molecule has 2 fully saturated rings. The molecule has 136 valence electrons. The molecule has 2 aliphatic rings. The van der Waals surface area contributed by atoms with Crippen LogP contribution < -0.4 is 10.6 Å². The summed E-state index contributed by atoms with van der Waals surface area (Å²) in [5, 5.41) is 14.4. The number of nitrogens with one attached hydrogen (secondary N) is 2. The van der Waals surface area contributed by atoms with E-state index in [1.165, 1.54) is 6.42 Å². The predicted molar refractivity (Wildman–Crippen MR) is 89.6 cm³/mol. The second-order valence-electron chi connectivity index (χ2n) is 6.94. The number of urea groups is 1. The number of carboxylic acids is 1. The van der Waals surface area contributed by atoms with Crippen molar-refractivity contribution in [3.8, 4) is 0 Å². The molecule has 2 rings (SSSR count). The van der Waals surface area contributed by atoms with Crippen LogP contribution in [0, 0.1) is 5.92 Å². The molecular weight excluding hydrogens is 310 g/mol. The molecular formula is C17H29N3O4. The molecule has 0 spiro atoms. The summed E-state index contributed by atoms with van der Waals surface area (Å²) in [5.41, 5.74) is 0. The number of nitrogens with zero attached hydrogens (tertiary/aromatic N) is 1. The Bertz CT molecular complexity index is 449. The number of carboxylic acid groups (broad SMARTS) is 1. The Hall–Kier alpha value is -1.79. The minimum Gasteiger partial charge on any atom is -0.481 e. The van der Waals surface area contributed by atoms with Gasteiger partial charge in [-0.3, -0.25) is 9.59 Å². The van der Waals surface area contributed by atoms with E-state index < -0.39 is 5.97 Å². The zero-order chi connectivity index (χ0) is 17.4. The number of likely N-dealkylation sites (tertiary alicyclic amines) is 1. The van der Waals surface area contributed by atoms with Crippen molar-refractivity contribution in [1.29, 1.82) is 0 Å². The molecule has 1 aliphatic heterocycles. The van der Waals surface area contributed by atoms with Crippen LogP contribution in [0.3, 0.4) is 0 Å². The third-order valence-electron chi connectivity index (χ3n) is 4.98. The van der Waals surface area contributed by atoms with Crippen LogP contribution in [0.15, 0.2) is 0 Å². The standard InChI is InChI=1S/C17H29N3O4/c21-15(11-18-17(24)19-14-6-2-1-3-7-14)20-10-4-5-13(12-20)8-9-16(22)23/h13-14H,1-12H2,(H,22,23)(H2,18,19,24). The number of hydrogen-bond donors (Lipinski definition) is 3. The van der Waals surface area contributed by atoms with Crippen molar-refractivity contribution >= 4 is 17.9 Å². The second kappa shape index (κ2) is 9.49. The molecule has 0 aromatic carbocycles. The van der Waals surface area contributed by atoms with Crippen molar-refractivity contribution in [2.24, 2.45) is 5.92 Å². The summed E-state index contributed by atoms with van der Waals surface area (Å²) in [6.45, 7) is 1.29. The molecule has 0 bridgehead atoms. The number of hydrogen-bond acceptors (Lipinski definition) is 3. The third-order valence-corrected chi connectivity index (χ3v) is 4.98. The van der Waals surface area contributed by atoms with E-state index in [1.54, 1.807) is 4.90 Å². The fourth-order valence-electron chi connectivity index (χ4n) is 3.61. The molecule has 0 aromatic rings. The average molecular weight is 339 g/mol. The van der Waals surface area contributed by atoms with Crippen LogP contribution in [-0.2, 0) is 9.59 Å². The molecule has 24 heavy (non-hydrogen) atoms. The van der Waals surface area contributed by atoms with E-state index in [0.29, 0.717) is 19.5 Å². The van der Waals surface area contributed by atoms with E-state index in [0.717, 1.165) is 38.5 Å². The molecule has 1 aliphatic carbocycles. The van der Waals surface area contributed by atoms with Crippen LogP contribution in [0.25, 0.3) is 0 Å². The largest absolute Gasteiger partial charge is 0.481 e. The lowest BCUT2D eigenvalue weighted by atomic mass is 9.93. The van der Waals surface area contributed by atoms with Gasteiger partial charge in [-0.05, 0) is 38.0 Å². The summed E-state index contributed by atoms with van der Waals surface area (Å²) in [6.07, 6.45) is 8.17. The van der Waals surface area contributed by atoms with Crippen molar-refractivity contribution in [3.05, 3.63) is 0 Å². The number of aliphatic carboxylic acids is 1. The molecule has 3 amide bonds. The molecule has 0 radical (unpaired) electrons. The first-order valence-electron chi connectivity index (χ1n) is 9.08. The van der Waals surface area contributed by atoms with Gasteiger partial charge in [-0.15, -0.1) is 0 Å². The minimum absolute atomic E-state index is 0.00417. The van der Waals surface area contributed by atoms with Gasteiger partial charge >= 0.3 is 12.0 Å². The fourth-order valence-corrected chi connectivity index (χ4v) is 3.61. The van der Waals surface area contributed by atoms with Crippen LogP contribution >= 0.6 is 0 Å². The van der Waals surface area contributed by atoms with E-state index in [1.807, 2.05) is 0 Å². The summed E-state index contributed by atoms with van der Waals surface area (Å²) < 4.78 is 0. The molecule has 1 atom stereocenters. The van der Waals surface area contributed by atoms with Gasteiger partial charge in [0.05, 0.1) is 6.54 Å². The highest BCUT2D eigenvalue weighted by molar-refractivity contribution is 5.84. The number of carbonyl (C=O) groups is 3. The minimum atomic E-state index is -0.792. The van der Waals surface area contributed by atoms with Gasteiger partial charge in [0.25, 0.3) is 0 Å². The number of piperidine rings is 1. The number of carbonyl (C=O) groups excluding carboxylic acids is 2. The van der Waals surface area contributed by atoms with Crippen molar-refractivity contribution in [1.82, 2.24) is 15.5 Å². The Morgan fingerprint density at radius 1 is 1.04 bits per heavy atom. The van der Waals surface area contributed by atoms with Gasteiger partial charge in [0.2, 0.25) is 5.91 Å². The molecule has 1 saturated carbocycles. The molecule has 7 nitrogen and oxygen atoms in total. The quantitative estimate of drug-likeness (QED) is 0.686. The maximum atomic E-state index is 12.2. The molecule has 3 N–H and O–H groups in total. The van der Waals surface area contributed by atoms with Crippen LogP contribution in [0.5, 0.6) is 0 Å². The average Bonchev–Trinajstić information content (AvgIpc) is 2.59. The first-order chi connectivity index (χ1) is 11.5. The van der Waals surface area contributed by atoms with Gasteiger partial charge in [0.15, 0.2) is 0 Å². The first kappa shape index (κ1) is 18.5. The van der Waals surface area contributed by atoms with Crippen LogP contribution in [0.2, 0.25) is 0 Å². The van der Waals surface area contributed by atoms with Gasteiger partial charge < -0.3 is 20.6 Å². The summed E-state index contributed by atoms with van der Waals surface area (Å²) in [6, 6.07) is -0.0427. The highest BCUT2D eigenvalue weighted by atomic mass is 16.4. The number of rotatable bonds is 6. The topological polar surface area (TPSA) is 98.7 Å². The highest BCUT2D eigenvalue weighted by Gasteiger charge is 2.24. The van der Waals surface area contributed by atoms with E-state index in [9.17, 15) is 14.4 Å². The van der Waals surface area contributed by atoms with E-state index >= 15 is 0 Å². The third kappa shape index (κ3) is 6.37. The zero-order valence-corrected chi connectivity index (χ0v) is 14.3. The lowest BCUT2D eigenvalue weighted by molar-refractivity contribution is -0.137. The molecule has 0 aromatic heterocycles. The van der Waals surface area contributed by atoms with Gasteiger partial charge in [0, 0.05) is 25.6 Å². The first-order valence-corrected chi connectivity index (χ1v) is 9.08. The highest BCUT2D eigenvalue weighted by Crippen LogP contribution is 2.21. The summed E-state index contributed by atoms with van der Waals surface area (Å²) in [4.78, 5) is 36.5. The van der Waals surface area contributed by atoms with Crippen LogP contribution in [0.4, 0.5) is 4.79 Å². The van der Waals surface area contributed by atoms with Crippen molar-refractivity contribution in [2.45, 2.75) is 63.8 Å². The Labute approximate surface area is 143 Å². The summed E-state index contributed by atoms with van der Waals surface area (Å²) >= 11 is 0. The van der Waals surface area contributed by atoms with Gasteiger partial charge in [-0.25, -0.2) is 4.79 Å². The SMILES string of the molecule is O=C(O)CCC1CCCN(C(=O)CNC(=O)NC2CCCCC2)C1. The maximum Gasteiger partial charge on any atom is 0.315 e. The van der Waals surface area contributed by atoms with Crippen molar-refractivity contribution < 1.29 is 19.5 Å². The smallest absolute Gasteiger partial charge is 0.315 e. The normalized spacial score (nSPS) is 22.0. The summed E-state index contributed by atoms with van der Waals surface area (Å²) in [7, 11) is 0. The lowest BCUT2D eigenvalue weighted by Gasteiger charge is -2.32. The molecule has 1 unspecified atom stereocenters. The van der Waals surface area contributed by atoms with Gasteiger partial charge in [-0.1, -0.05) is 19.3 Å². The van der Waals surface area contributed by atoms with Crippen molar-refractivity contribution in [2.75, 3.05) is 19.6 Å². The van der Waals surface area contributed by atoms with Crippen LogP contribution in [-0.4, -0.2) is 53.6 Å². The Kier molecular flexibility index (Phi) is 7.34. The summed E-state index contributed by atoms with van der Waals surface area (Å²) in [5.74, 6) is -0.636. The monoisotopic (exact) mass is 339 g/mol. The zero-order valence-electron chi connectivity index (χ0n) is 14.3. The Balaban J connectivity index is 1.67. The second-order valence-corrected chi connectivity index (χ2v) is 6.94. The molecule has 1 heterocycles. The van der Waals surface area contributed by atoms with Crippen LogP contribution in [0.1, 0.15) is 57.8 Å². The molecule has 1 saturated heterocycles. The van der Waals surface area contributed by atoms with E-state index in [-0.39, 0.29) is 36.9 Å². The van der Waals surface area contributed by atoms with Gasteiger partial charge in [0.1, 0.15) is 0 Å². The lowest BCUT2D eigenvalue weighted by Crippen LogP contribution is -2.48. The maximum absolute atomic E-state index is 12.2. The number of amides is 3. The fraction of sp³-hybridized carbons (Fsp3) is 0.824. The Morgan fingerprint density at radius 3 is 2.50 bits per heavy atom. The van der Waals surface area contributed by atoms with E-state index in [2.05, 4.69) is 10.6 Å². The van der Waals surface area contributed by atoms with Crippen molar-refractivity contribution in [3.63, 3.8) is 0 Å². The van der Waals surface area contributed by atoms with Gasteiger partial charge in [-0.2, -0.15) is 0 Å². The Morgan fingerprint density at radius 2 is 1.79 bits per heavy atom. The molecule has 7 heteroatoms. The van der Waals surface area contributed by atoms with E-state index in [4.69, 9.17) is 5.11 Å².